The average Bonchev–Trinajstić information content (AvgIpc) is 2.92. The van der Waals surface area contributed by atoms with Gasteiger partial charge in [-0.3, -0.25) is 4.79 Å². The second kappa shape index (κ2) is 12.6. The number of hydrogen-bond donors (Lipinski definition) is 1. The topological polar surface area (TPSA) is 92.8 Å². The van der Waals surface area contributed by atoms with E-state index in [-0.39, 0.29) is 4.90 Å². The van der Waals surface area contributed by atoms with Crippen LogP contribution in [0.25, 0.3) is 0 Å². The fourth-order valence-electron chi connectivity index (χ4n) is 3.81. The third-order valence-electron chi connectivity index (χ3n) is 5.83. The number of carbonyl (C=O) groups is 2. The standard InChI is InChI=1S/C27H27ClN2O5S2/c28-22-8-12-24(13-9-22)36-19-20-4-6-21(7-5-20)27(32)35-18-26(31)29-23-10-14-25(15-11-23)37(33,34)30-16-2-1-3-17-30/h4-15H,1-3,16-19H2,(H,29,31). The zero-order chi connectivity index (χ0) is 26.3. The van der Waals surface area contributed by atoms with E-state index in [1.54, 1.807) is 23.9 Å². The molecule has 0 radical (unpaired) electrons. The molecule has 1 N–H and O–H groups in total. The Kier molecular flexibility index (Phi) is 9.26. The maximum Gasteiger partial charge on any atom is 0.338 e. The van der Waals surface area contributed by atoms with E-state index < -0.39 is 28.5 Å². The summed E-state index contributed by atoms with van der Waals surface area (Å²) in [5, 5.41) is 3.31. The molecule has 1 heterocycles. The summed E-state index contributed by atoms with van der Waals surface area (Å²) in [7, 11) is -3.54. The summed E-state index contributed by atoms with van der Waals surface area (Å²) in [5.74, 6) is -0.386. The zero-order valence-corrected chi connectivity index (χ0v) is 22.4. The highest BCUT2D eigenvalue weighted by molar-refractivity contribution is 7.98. The molecule has 1 amide bonds. The van der Waals surface area contributed by atoms with Gasteiger partial charge in [0.1, 0.15) is 0 Å². The molecule has 4 rings (SSSR count). The Morgan fingerprint density at radius 1 is 0.892 bits per heavy atom. The summed E-state index contributed by atoms with van der Waals surface area (Å²) in [6.45, 7) is 0.593. The van der Waals surface area contributed by atoms with Crippen LogP contribution in [0, 0.1) is 0 Å². The van der Waals surface area contributed by atoms with Crippen molar-refractivity contribution in [2.75, 3.05) is 25.0 Å². The van der Waals surface area contributed by atoms with Crippen molar-refractivity contribution in [3.8, 4) is 0 Å². The van der Waals surface area contributed by atoms with E-state index >= 15 is 0 Å². The van der Waals surface area contributed by atoms with Crippen molar-refractivity contribution in [1.29, 1.82) is 0 Å². The van der Waals surface area contributed by atoms with Crippen LogP contribution in [0.5, 0.6) is 0 Å². The number of rotatable bonds is 9. The van der Waals surface area contributed by atoms with Crippen molar-refractivity contribution in [3.05, 3.63) is 88.9 Å². The molecular weight excluding hydrogens is 532 g/mol. The summed E-state index contributed by atoms with van der Waals surface area (Å²) in [6, 6.07) is 20.6. The summed E-state index contributed by atoms with van der Waals surface area (Å²) in [4.78, 5) is 25.9. The molecule has 3 aromatic rings. The lowest BCUT2D eigenvalue weighted by atomic mass is 10.1. The SMILES string of the molecule is O=C(COC(=O)c1ccc(CSc2ccc(Cl)cc2)cc1)Nc1ccc(S(=O)(=O)N2CCCCC2)cc1. The number of benzene rings is 3. The molecule has 1 aliphatic heterocycles. The number of halogens is 1. The quantitative estimate of drug-likeness (QED) is 0.271. The van der Waals surface area contributed by atoms with Crippen molar-refractivity contribution < 1.29 is 22.7 Å². The highest BCUT2D eigenvalue weighted by Crippen LogP contribution is 2.25. The number of nitrogens with zero attached hydrogens (tertiary/aromatic N) is 1. The third-order valence-corrected chi connectivity index (χ3v) is 9.08. The van der Waals surface area contributed by atoms with Crippen LogP contribution in [0.1, 0.15) is 35.2 Å². The minimum Gasteiger partial charge on any atom is -0.452 e. The number of piperidine rings is 1. The van der Waals surface area contributed by atoms with Gasteiger partial charge in [0.15, 0.2) is 6.61 Å². The molecule has 0 spiro atoms. The number of amides is 1. The lowest BCUT2D eigenvalue weighted by Crippen LogP contribution is -2.35. The molecule has 0 saturated carbocycles. The molecule has 194 valence electrons. The predicted octanol–water partition coefficient (Wildman–Crippen LogP) is 5.60. The highest BCUT2D eigenvalue weighted by Gasteiger charge is 2.25. The summed E-state index contributed by atoms with van der Waals surface area (Å²) >= 11 is 7.56. The highest BCUT2D eigenvalue weighted by atomic mass is 35.5. The van der Waals surface area contributed by atoms with E-state index in [0.717, 1.165) is 35.5 Å². The number of nitrogens with one attached hydrogen (secondary N) is 1. The molecule has 7 nitrogen and oxygen atoms in total. The van der Waals surface area contributed by atoms with E-state index in [9.17, 15) is 18.0 Å². The van der Waals surface area contributed by atoms with E-state index in [2.05, 4.69) is 5.32 Å². The minimum atomic E-state index is -3.54. The van der Waals surface area contributed by atoms with Crippen LogP contribution in [-0.2, 0) is 25.3 Å². The summed E-state index contributed by atoms with van der Waals surface area (Å²) in [6.07, 6.45) is 2.76. The van der Waals surface area contributed by atoms with Crippen molar-refractivity contribution in [2.24, 2.45) is 0 Å². The molecule has 0 unspecified atom stereocenters. The third kappa shape index (κ3) is 7.58. The largest absolute Gasteiger partial charge is 0.452 e. The lowest BCUT2D eigenvalue weighted by molar-refractivity contribution is -0.119. The second-order valence-electron chi connectivity index (χ2n) is 8.55. The van der Waals surface area contributed by atoms with E-state index in [1.165, 1.54) is 28.6 Å². The number of esters is 1. The number of thioether (sulfide) groups is 1. The van der Waals surface area contributed by atoms with Crippen molar-refractivity contribution >= 4 is 50.9 Å². The van der Waals surface area contributed by atoms with Gasteiger partial charge in [-0.05, 0) is 79.1 Å². The van der Waals surface area contributed by atoms with Gasteiger partial charge in [-0.2, -0.15) is 4.31 Å². The average molecular weight is 559 g/mol. The first kappa shape index (κ1) is 27.2. The first-order valence-corrected chi connectivity index (χ1v) is 14.7. The van der Waals surface area contributed by atoms with E-state index in [0.29, 0.717) is 29.4 Å². The number of carbonyl (C=O) groups excluding carboxylic acids is 2. The smallest absolute Gasteiger partial charge is 0.338 e. The van der Waals surface area contributed by atoms with Gasteiger partial charge < -0.3 is 10.1 Å². The molecule has 1 aliphatic rings. The van der Waals surface area contributed by atoms with Crippen LogP contribution >= 0.6 is 23.4 Å². The van der Waals surface area contributed by atoms with Crippen LogP contribution in [0.2, 0.25) is 5.02 Å². The van der Waals surface area contributed by atoms with Gasteiger partial charge in [-0.1, -0.05) is 30.2 Å². The summed E-state index contributed by atoms with van der Waals surface area (Å²) in [5.41, 5.74) is 1.81. The Morgan fingerprint density at radius 3 is 2.19 bits per heavy atom. The molecule has 1 fully saturated rings. The van der Waals surface area contributed by atoms with Crippen molar-refractivity contribution in [1.82, 2.24) is 4.31 Å². The first-order valence-electron chi connectivity index (χ1n) is 11.9. The zero-order valence-electron chi connectivity index (χ0n) is 20.1. The monoisotopic (exact) mass is 558 g/mol. The van der Waals surface area contributed by atoms with Crippen molar-refractivity contribution in [3.63, 3.8) is 0 Å². The van der Waals surface area contributed by atoms with E-state index in [1.807, 2.05) is 36.4 Å². The maximum absolute atomic E-state index is 12.7. The summed E-state index contributed by atoms with van der Waals surface area (Å²) < 4.78 is 32.1. The Labute approximate surface area is 226 Å². The van der Waals surface area contributed by atoms with Gasteiger partial charge >= 0.3 is 5.97 Å². The van der Waals surface area contributed by atoms with Crippen LogP contribution in [0.3, 0.4) is 0 Å². The molecule has 37 heavy (non-hydrogen) atoms. The molecule has 0 aliphatic carbocycles. The van der Waals surface area contributed by atoms with Crippen LogP contribution < -0.4 is 5.32 Å². The Balaban J connectivity index is 1.23. The van der Waals surface area contributed by atoms with Crippen molar-refractivity contribution in [2.45, 2.75) is 34.8 Å². The lowest BCUT2D eigenvalue weighted by Gasteiger charge is -2.25. The first-order chi connectivity index (χ1) is 17.8. The Morgan fingerprint density at radius 2 is 1.54 bits per heavy atom. The molecule has 0 aromatic heterocycles. The fraction of sp³-hybridized carbons (Fsp3) is 0.259. The van der Waals surface area contributed by atoms with Gasteiger partial charge in [0.05, 0.1) is 10.5 Å². The number of sulfonamides is 1. The molecular formula is C27H27ClN2O5S2. The van der Waals surface area contributed by atoms with Crippen LogP contribution in [0.15, 0.2) is 82.6 Å². The molecule has 1 saturated heterocycles. The maximum atomic E-state index is 12.7. The molecule has 3 aromatic carbocycles. The molecule has 10 heteroatoms. The molecule has 0 atom stereocenters. The van der Waals surface area contributed by atoms with Gasteiger partial charge in [0.25, 0.3) is 5.91 Å². The Bertz CT molecular complexity index is 1320. The fourth-order valence-corrected chi connectivity index (χ4v) is 6.31. The number of ether oxygens (including phenoxy) is 1. The molecule has 0 bridgehead atoms. The van der Waals surface area contributed by atoms with Crippen LogP contribution in [0.4, 0.5) is 5.69 Å². The van der Waals surface area contributed by atoms with Crippen LogP contribution in [-0.4, -0.2) is 44.3 Å². The normalized spacial score (nSPS) is 14.2. The Hall–Kier alpha value is -2.85. The minimum absolute atomic E-state index is 0.189. The second-order valence-corrected chi connectivity index (χ2v) is 12.0. The van der Waals surface area contributed by atoms with E-state index in [4.69, 9.17) is 16.3 Å². The predicted molar refractivity (Wildman–Crippen MR) is 145 cm³/mol. The van der Waals surface area contributed by atoms with Gasteiger partial charge in [-0.15, -0.1) is 11.8 Å². The number of hydrogen-bond acceptors (Lipinski definition) is 6. The number of anilines is 1. The van der Waals surface area contributed by atoms with Gasteiger partial charge in [-0.25, -0.2) is 13.2 Å². The van der Waals surface area contributed by atoms with Gasteiger partial charge in [0.2, 0.25) is 10.0 Å². The van der Waals surface area contributed by atoms with Gasteiger partial charge in [0, 0.05) is 34.4 Å².